The van der Waals surface area contributed by atoms with Crippen LogP contribution in [0.1, 0.15) is 36.1 Å². The molecule has 1 aliphatic carbocycles. The lowest BCUT2D eigenvalue weighted by Gasteiger charge is -2.20. The van der Waals surface area contributed by atoms with Gasteiger partial charge in [-0.25, -0.2) is 0 Å². The van der Waals surface area contributed by atoms with Crippen molar-refractivity contribution in [2.24, 2.45) is 0 Å². The SMILES string of the molecule is C[C@@H](N[C@H]1CCc2ccccc21)C(=O)Nc1ccccc1C#N. The van der Waals surface area contributed by atoms with Crippen LogP contribution in [0.5, 0.6) is 0 Å². The van der Waals surface area contributed by atoms with Crippen molar-refractivity contribution < 1.29 is 4.79 Å². The summed E-state index contributed by atoms with van der Waals surface area (Å²) in [6.07, 6.45) is 2.05. The van der Waals surface area contributed by atoms with Crippen molar-refractivity contribution in [1.29, 1.82) is 5.26 Å². The van der Waals surface area contributed by atoms with Gasteiger partial charge in [-0.15, -0.1) is 0 Å². The fourth-order valence-electron chi connectivity index (χ4n) is 3.04. The average Bonchev–Trinajstić information content (AvgIpc) is 2.98. The highest BCUT2D eigenvalue weighted by Gasteiger charge is 2.25. The van der Waals surface area contributed by atoms with Gasteiger partial charge < -0.3 is 5.32 Å². The van der Waals surface area contributed by atoms with E-state index in [4.69, 9.17) is 5.26 Å². The van der Waals surface area contributed by atoms with Crippen molar-refractivity contribution in [1.82, 2.24) is 5.32 Å². The molecule has 0 unspecified atom stereocenters. The second kappa shape index (κ2) is 6.64. The van der Waals surface area contributed by atoms with E-state index in [-0.39, 0.29) is 18.0 Å². The van der Waals surface area contributed by atoms with Crippen molar-refractivity contribution in [2.75, 3.05) is 5.32 Å². The molecule has 2 atom stereocenters. The van der Waals surface area contributed by atoms with Gasteiger partial charge in [0, 0.05) is 6.04 Å². The average molecular weight is 305 g/mol. The molecule has 4 nitrogen and oxygen atoms in total. The van der Waals surface area contributed by atoms with E-state index in [1.54, 1.807) is 18.2 Å². The Morgan fingerprint density at radius 3 is 2.78 bits per heavy atom. The van der Waals surface area contributed by atoms with Gasteiger partial charge in [-0.2, -0.15) is 5.26 Å². The number of aryl methyl sites for hydroxylation is 1. The molecule has 0 fully saturated rings. The number of benzene rings is 2. The summed E-state index contributed by atoms with van der Waals surface area (Å²) >= 11 is 0. The van der Waals surface area contributed by atoms with Crippen LogP contribution in [0.3, 0.4) is 0 Å². The highest BCUT2D eigenvalue weighted by Crippen LogP contribution is 2.31. The Morgan fingerprint density at radius 2 is 1.96 bits per heavy atom. The molecule has 0 saturated heterocycles. The van der Waals surface area contributed by atoms with Crippen LogP contribution in [-0.2, 0) is 11.2 Å². The standard InChI is InChI=1S/C19H19N3O/c1-13(19(23)22-17-9-5-3-7-15(17)12-20)21-18-11-10-14-6-2-4-8-16(14)18/h2-9,13,18,21H,10-11H2,1H3,(H,22,23)/t13-,18+/m1/s1. The summed E-state index contributed by atoms with van der Waals surface area (Å²) in [5.41, 5.74) is 3.66. The summed E-state index contributed by atoms with van der Waals surface area (Å²) in [7, 11) is 0. The number of hydrogen-bond donors (Lipinski definition) is 2. The van der Waals surface area contributed by atoms with Crippen LogP contribution in [0.2, 0.25) is 0 Å². The Balaban J connectivity index is 1.66. The third-order valence-corrected chi connectivity index (χ3v) is 4.28. The number of carbonyl (C=O) groups excluding carboxylic acids is 1. The third-order valence-electron chi connectivity index (χ3n) is 4.28. The summed E-state index contributed by atoms with van der Waals surface area (Å²) in [5, 5.41) is 15.3. The first-order chi connectivity index (χ1) is 11.2. The number of carbonyl (C=O) groups is 1. The highest BCUT2D eigenvalue weighted by molar-refractivity contribution is 5.95. The van der Waals surface area contributed by atoms with Gasteiger partial charge in [-0.1, -0.05) is 36.4 Å². The van der Waals surface area contributed by atoms with E-state index in [2.05, 4.69) is 34.9 Å². The molecular formula is C19H19N3O. The second-order valence-corrected chi connectivity index (χ2v) is 5.83. The fraction of sp³-hybridized carbons (Fsp3) is 0.263. The zero-order valence-electron chi connectivity index (χ0n) is 13.0. The van der Waals surface area contributed by atoms with Crippen LogP contribution < -0.4 is 10.6 Å². The lowest BCUT2D eigenvalue weighted by atomic mass is 10.1. The van der Waals surface area contributed by atoms with Gasteiger partial charge >= 0.3 is 0 Å². The summed E-state index contributed by atoms with van der Waals surface area (Å²) < 4.78 is 0. The summed E-state index contributed by atoms with van der Waals surface area (Å²) in [4.78, 5) is 12.4. The monoisotopic (exact) mass is 305 g/mol. The van der Waals surface area contributed by atoms with Gasteiger partial charge in [-0.05, 0) is 43.0 Å². The summed E-state index contributed by atoms with van der Waals surface area (Å²) in [5.74, 6) is -0.128. The Morgan fingerprint density at radius 1 is 1.22 bits per heavy atom. The minimum atomic E-state index is -0.335. The van der Waals surface area contributed by atoms with E-state index in [0.29, 0.717) is 11.3 Å². The molecule has 116 valence electrons. The summed E-state index contributed by atoms with van der Waals surface area (Å²) in [6.45, 7) is 1.85. The molecule has 0 bridgehead atoms. The first kappa shape index (κ1) is 15.3. The normalized spacial score (nSPS) is 17.1. The quantitative estimate of drug-likeness (QED) is 0.912. The van der Waals surface area contributed by atoms with E-state index in [1.807, 2.05) is 19.1 Å². The van der Waals surface area contributed by atoms with Gasteiger partial charge in [0.05, 0.1) is 17.3 Å². The molecule has 0 heterocycles. The Labute approximate surface area is 136 Å². The number of nitriles is 1. The van der Waals surface area contributed by atoms with E-state index in [9.17, 15) is 4.79 Å². The van der Waals surface area contributed by atoms with Crippen molar-refractivity contribution in [3.63, 3.8) is 0 Å². The van der Waals surface area contributed by atoms with Crippen molar-refractivity contribution in [3.05, 3.63) is 65.2 Å². The Bertz CT molecular complexity index is 763. The smallest absolute Gasteiger partial charge is 0.241 e. The summed E-state index contributed by atoms with van der Waals surface area (Å²) in [6, 6.07) is 17.3. The van der Waals surface area contributed by atoms with Gasteiger partial charge in [0.15, 0.2) is 0 Å². The molecule has 1 amide bonds. The first-order valence-corrected chi connectivity index (χ1v) is 7.83. The van der Waals surface area contributed by atoms with Gasteiger partial charge in [0.2, 0.25) is 5.91 Å². The molecule has 1 aliphatic rings. The molecule has 0 spiro atoms. The number of fused-ring (bicyclic) bond motifs is 1. The van der Waals surface area contributed by atoms with Gasteiger partial charge in [0.1, 0.15) is 6.07 Å². The van der Waals surface area contributed by atoms with Crippen molar-refractivity contribution >= 4 is 11.6 Å². The first-order valence-electron chi connectivity index (χ1n) is 7.83. The van der Waals surface area contributed by atoms with E-state index in [0.717, 1.165) is 12.8 Å². The fourth-order valence-corrected chi connectivity index (χ4v) is 3.04. The van der Waals surface area contributed by atoms with Crippen LogP contribution in [-0.4, -0.2) is 11.9 Å². The van der Waals surface area contributed by atoms with Gasteiger partial charge in [0.25, 0.3) is 0 Å². The number of hydrogen-bond acceptors (Lipinski definition) is 3. The molecular weight excluding hydrogens is 286 g/mol. The molecule has 4 heteroatoms. The van der Waals surface area contributed by atoms with Crippen LogP contribution in [0.15, 0.2) is 48.5 Å². The Kier molecular flexibility index (Phi) is 4.40. The second-order valence-electron chi connectivity index (χ2n) is 5.83. The predicted octanol–water partition coefficient (Wildman–Crippen LogP) is 3.16. The van der Waals surface area contributed by atoms with Crippen LogP contribution in [0.25, 0.3) is 0 Å². The van der Waals surface area contributed by atoms with Crippen molar-refractivity contribution in [3.8, 4) is 6.07 Å². The van der Waals surface area contributed by atoms with E-state index in [1.165, 1.54) is 11.1 Å². The number of para-hydroxylation sites is 1. The number of nitrogens with zero attached hydrogens (tertiary/aromatic N) is 1. The number of rotatable bonds is 4. The van der Waals surface area contributed by atoms with Crippen LogP contribution in [0.4, 0.5) is 5.69 Å². The molecule has 0 saturated carbocycles. The molecule has 2 aromatic carbocycles. The highest BCUT2D eigenvalue weighted by atomic mass is 16.2. The molecule has 0 aliphatic heterocycles. The van der Waals surface area contributed by atoms with E-state index < -0.39 is 0 Å². The molecule has 0 aromatic heterocycles. The number of amides is 1. The predicted molar refractivity (Wildman–Crippen MR) is 89.9 cm³/mol. The molecule has 3 rings (SSSR count). The molecule has 2 N–H and O–H groups in total. The topological polar surface area (TPSA) is 64.9 Å². The lowest BCUT2D eigenvalue weighted by molar-refractivity contribution is -0.118. The maximum atomic E-state index is 12.4. The maximum Gasteiger partial charge on any atom is 0.241 e. The van der Waals surface area contributed by atoms with E-state index >= 15 is 0 Å². The molecule has 23 heavy (non-hydrogen) atoms. The maximum absolute atomic E-state index is 12.4. The number of nitrogens with one attached hydrogen (secondary N) is 2. The van der Waals surface area contributed by atoms with Crippen LogP contribution >= 0.6 is 0 Å². The largest absolute Gasteiger partial charge is 0.324 e. The zero-order chi connectivity index (χ0) is 16.2. The molecule has 0 radical (unpaired) electrons. The van der Waals surface area contributed by atoms with Gasteiger partial charge in [-0.3, -0.25) is 10.1 Å². The Hall–Kier alpha value is -2.64. The lowest BCUT2D eigenvalue weighted by Crippen LogP contribution is -2.39. The molecule has 2 aromatic rings. The van der Waals surface area contributed by atoms with Crippen LogP contribution in [0, 0.1) is 11.3 Å². The minimum absolute atomic E-state index is 0.128. The number of anilines is 1. The third kappa shape index (κ3) is 3.25. The van der Waals surface area contributed by atoms with Crippen molar-refractivity contribution in [2.45, 2.75) is 31.8 Å². The zero-order valence-corrected chi connectivity index (χ0v) is 13.0. The minimum Gasteiger partial charge on any atom is -0.324 e.